The highest BCUT2D eigenvalue weighted by Gasteiger charge is 2.12. The highest BCUT2D eigenvalue weighted by molar-refractivity contribution is 6.29. The van der Waals surface area contributed by atoms with E-state index < -0.39 is 5.38 Å². The summed E-state index contributed by atoms with van der Waals surface area (Å²) in [4.78, 5) is 10.8. The fourth-order valence-electron chi connectivity index (χ4n) is 0.460. The van der Waals surface area contributed by atoms with Gasteiger partial charge in [-0.1, -0.05) is 13.8 Å². The minimum Gasteiger partial charge on any atom is -0.465 e. The lowest BCUT2D eigenvalue weighted by Crippen LogP contribution is -2.17. The maximum Gasteiger partial charge on any atom is 0.324 e. The van der Waals surface area contributed by atoms with E-state index in [0.717, 1.165) is 6.42 Å². The highest BCUT2D eigenvalue weighted by Crippen LogP contribution is 2.03. The number of hydrogen-bond donors (Lipinski definition) is 0. The largest absolute Gasteiger partial charge is 0.465 e. The first-order chi connectivity index (χ1) is 4.72. The molecular formula is C7H13ClO2. The van der Waals surface area contributed by atoms with Gasteiger partial charge in [-0.15, -0.1) is 11.6 Å². The van der Waals surface area contributed by atoms with Crippen molar-refractivity contribution >= 4 is 17.6 Å². The fraction of sp³-hybridized carbons (Fsp3) is 0.857. The van der Waals surface area contributed by atoms with Crippen LogP contribution in [0.15, 0.2) is 0 Å². The molecule has 0 saturated carbocycles. The van der Waals surface area contributed by atoms with Crippen molar-refractivity contribution < 1.29 is 9.53 Å². The molecule has 0 N–H and O–H groups in total. The molecule has 2 nitrogen and oxygen atoms in total. The van der Waals surface area contributed by atoms with Crippen molar-refractivity contribution in [2.75, 3.05) is 6.61 Å². The van der Waals surface area contributed by atoms with Crippen LogP contribution in [0.25, 0.3) is 0 Å². The van der Waals surface area contributed by atoms with Gasteiger partial charge in [0.05, 0.1) is 6.61 Å². The summed E-state index contributed by atoms with van der Waals surface area (Å²) >= 11 is 5.58. The molecule has 0 spiro atoms. The van der Waals surface area contributed by atoms with Crippen LogP contribution >= 0.6 is 11.6 Å². The van der Waals surface area contributed by atoms with Crippen molar-refractivity contribution in [1.29, 1.82) is 0 Å². The third kappa shape index (κ3) is 3.72. The molecule has 0 saturated heterocycles. The maximum atomic E-state index is 10.8. The summed E-state index contributed by atoms with van der Waals surface area (Å²) in [5.74, 6) is -0.300. The van der Waals surface area contributed by atoms with E-state index >= 15 is 0 Å². The van der Waals surface area contributed by atoms with E-state index in [2.05, 4.69) is 0 Å². The molecule has 60 valence electrons. The van der Waals surface area contributed by atoms with Crippen LogP contribution in [0.3, 0.4) is 0 Å². The van der Waals surface area contributed by atoms with Gasteiger partial charge in [0.15, 0.2) is 0 Å². The van der Waals surface area contributed by atoms with Crippen LogP contribution in [0, 0.1) is 0 Å². The second kappa shape index (κ2) is 5.54. The van der Waals surface area contributed by atoms with Gasteiger partial charge in [-0.05, 0) is 12.8 Å². The van der Waals surface area contributed by atoms with Crippen molar-refractivity contribution in [3.8, 4) is 0 Å². The van der Waals surface area contributed by atoms with Crippen molar-refractivity contribution in [3.05, 3.63) is 0 Å². The molecule has 0 aliphatic heterocycles. The number of rotatable bonds is 4. The number of alkyl halides is 1. The summed E-state index contributed by atoms with van der Waals surface area (Å²) in [6, 6.07) is 0. The Morgan fingerprint density at radius 3 is 2.60 bits per heavy atom. The standard InChI is InChI=1S/C7H13ClO2/c1-3-5-10-7(9)6(8)4-2/h6H,3-5H2,1-2H3. The van der Waals surface area contributed by atoms with Crippen LogP contribution in [0.5, 0.6) is 0 Å². The van der Waals surface area contributed by atoms with Gasteiger partial charge < -0.3 is 4.74 Å². The zero-order valence-corrected chi connectivity index (χ0v) is 7.15. The monoisotopic (exact) mass is 164 g/mol. The van der Waals surface area contributed by atoms with E-state index in [1.54, 1.807) is 0 Å². The Morgan fingerprint density at radius 2 is 2.20 bits per heavy atom. The highest BCUT2D eigenvalue weighted by atomic mass is 35.5. The van der Waals surface area contributed by atoms with E-state index in [9.17, 15) is 4.79 Å². The van der Waals surface area contributed by atoms with Crippen molar-refractivity contribution in [1.82, 2.24) is 0 Å². The third-order valence-electron chi connectivity index (χ3n) is 1.06. The minimum absolute atomic E-state index is 0.300. The molecule has 0 aromatic carbocycles. The zero-order chi connectivity index (χ0) is 7.98. The molecule has 0 heterocycles. The molecule has 0 fully saturated rings. The second-order valence-electron chi connectivity index (χ2n) is 2.04. The van der Waals surface area contributed by atoms with Gasteiger partial charge in [0.2, 0.25) is 0 Å². The van der Waals surface area contributed by atoms with Crippen LogP contribution in [0.1, 0.15) is 26.7 Å². The lowest BCUT2D eigenvalue weighted by molar-refractivity contribution is -0.143. The average Bonchev–Trinajstić information content (AvgIpc) is 1.98. The average molecular weight is 165 g/mol. The number of ether oxygens (including phenoxy) is 1. The first-order valence-corrected chi connectivity index (χ1v) is 3.96. The van der Waals surface area contributed by atoms with Crippen molar-refractivity contribution in [2.24, 2.45) is 0 Å². The molecule has 0 rings (SSSR count). The van der Waals surface area contributed by atoms with E-state index in [1.807, 2.05) is 13.8 Å². The van der Waals surface area contributed by atoms with Crippen molar-refractivity contribution in [2.45, 2.75) is 32.1 Å². The SMILES string of the molecule is CCCOC(=O)C(Cl)CC. The molecule has 1 unspecified atom stereocenters. The molecular weight excluding hydrogens is 152 g/mol. The normalized spacial score (nSPS) is 12.7. The molecule has 0 radical (unpaired) electrons. The molecule has 1 atom stereocenters. The molecule has 0 aromatic heterocycles. The number of hydrogen-bond acceptors (Lipinski definition) is 2. The molecule has 0 aliphatic carbocycles. The first-order valence-electron chi connectivity index (χ1n) is 3.53. The predicted molar refractivity (Wildman–Crippen MR) is 41.2 cm³/mol. The Morgan fingerprint density at radius 1 is 1.60 bits per heavy atom. The summed E-state index contributed by atoms with van der Waals surface area (Å²) in [6.07, 6.45) is 1.48. The number of carbonyl (C=O) groups is 1. The molecule has 0 bridgehead atoms. The Balaban J connectivity index is 3.42. The van der Waals surface area contributed by atoms with E-state index in [-0.39, 0.29) is 5.97 Å². The summed E-state index contributed by atoms with van der Waals surface area (Å²) in [7, 11) is 0. The molecule has 10 heavy (non-hydrogen) atoms. The Bertz CT molecular complexity index is 104. The maximum absolute atomic E-state index is 10.8. The van der Waals surface area contributed by atoms with Crippen LogP contribution in [-0.2, 0) is 9.53 Å². The Labute approximate surface area is 66.5 Å². The summed E-state index contributed by atoms with van der Waals surface area (Å²) in [5.41, 5.74) is 0. The Kier molecular flexibility index (Phi) is 5.40. The van der Waals surface area contributed by atoms with Gasteiger partial charge in [-0.2, -0.15) is 0 Å². The van der Waals surface area contributed by atoms with Gasteiger partial charge in [0.1, 0.15) is 5.38 Å². The summed E-state index contributed by atoms with van der Waals surface area (Å²) in [6.45, 7) is 4.27. The number of carbonyl (C=O) groups excluding carboxylic acids is 1. The van der Waals surface area contributed by atoms with Gasteiger partial charge >= 0.3 is 5.97 Å². The Hall–Kier alpha value is -0.240. The second-order valence-corrected chi connectivity index (χ2v) is 2.57. The van der Waals surface area contributed by atoms with Gasteiger partial charge in [0, 0.05) is 0 Å². The van der Waals surface area contributed by atoms with Gasteiger partial charge in [-0.25, -0.2) is 0 Å². The molecule has 0 aromatic rings. The minimum atomic E-state index is -0.466. The van der Waals surface area contributed by atoms with Crippen LogP contribution in [0.2, 0.25) is 0 Å². The third-order valence-corrected chi connectivity index (χ3v) is 1.55. The summed E-state index contributed by atoms with van der Waals surface area (Å²) in [5, 5.41) is -0.466. The lowest BCUT2D eigenvalue weighted by atomic mass is 10.3. The molecule has 3 heteroatoms. The van der Waals surface area contributed by atoms with Crippen molar-refractivity contribution in [3.63, 3.8) is 0 Å². The molecule has 0 amide bonds. The van der Waals surface area contributed by atoms with E-state index in [4.69, 9.17) is 16.3 Å². The summed E-state index contributed by atoms with van der Waals surface area (Å²) < 4.78 is 4.77. The van der Waals surface area contributed by atoms with E-state index in [1.165, 1.54) is 0 Å². The van der Waals surface area contributed by atoms with Gasteiger partial charge in [-0.3, -0.25) is 4.79 Å². The van der Waals surface area contributed by atoms with Crippen LogP contribution in [-0.4, -0.2) is 18.0 Å². The van der Waals surface area contributed by atoms with Gasteiger partial charge in [0.25, 0.3) is 0 Å². The number of halogens is 1. The molecule has 0 aliphatic rings. The fourth-order valence-corrected chi connectivity index (χ4v) is 0.523. The smallest absolute Gasteiger partial charge is 0.324 e. The first kappa shape index (κ1) is 9.76. The van der Waals surface area contributed by atoms with Crippen LogP contribution in [0.4, 0.5) is 0 Å². The zero-order valence-electron chi connectivity index (χ0n) is 6.39. The predicted octanol–water partition coefficient (Wildman–Crippen LogP) is 1.96. The van der Waals surface area contributed by atoms with Crippen LogP contribution < -0.4 is 0 Å². The van der Waals surface area contributed by atoms with E-state index in [0.29, 0.717) is 13.0 Å². The quantitative estimate of drug-likeness (QED) is 0.469. The lowest BCUT2D eigenvalue weighted by Gasteiger charge is -2.05. The topological polar surface area (TPSA) is 26.3 Å². The number of esters is 1.